The molecule has 126 valence electrons. The molecular formula is C17H15BrClNO4. The van der Waals surface area contributed by atoms with Crippen LogP contribution in [0.3, 0.4) is 0 Å². The number of rotatable bonds is 6. The third-order valence-electron chi connectivity index (χ3n) is 3.19. The van der Waals surface area contributed by atoms with Gasteiger partial charge >= 0.3 is 5.97 Å². The highest BCUT2D eigenvalue weighted by atomic mass is 79.9. The monoisotopic (exact) mass is 411 g/mol. The van der Waals surface area contributed by atoms with Crippen LogP contribution >= 0.6 is 27.5 Å². The molecule has 0 saturated carbocycles. The molecule has 0 aliphatic heterocycles. The van der Waals surface area contributed by atoms with Crippen LogP contribution in [0.5, 0.6) is 5.75 Å². The molecule has 0 bridgehead atoms. The number of halogens is 2. The summed E-state index contributed by atoms with van der Waals surface area (Å²) in [6.07, 6.45) is -0.155. The molecule has 0 fully saturated rings. The first-order valence-corrected chi connectivity index (χ1v) is 8.43. The quantitative estimate of drug-likeness (QED) is 0.562. The lowest BCUT2D eigenvalue weighted by Gasteiger charge is -2.09. The van der Waals surface area contributed by atoms with Crippen molar-refractivity contribution in [2.24, 2.45) is 0 Å². The van der Waals surface area contributed by atoms with E-state index in [1.165, 1.54) is 0 Å². The smallest absolute Gasteiger partial charge is 0.306 e. The Kier molecular flexibility index (Phi) is 6.34. The van der Waals surface area contributed by atoms with E-state index in [0.29, 0.717) is 20.8 Å². The average Bonchev–Trinajstić information content (AvgIpc) is 2.55. The minimum atomic E-state index is -0.463. The first-order valence-electron chi connectivity index (χ1n) is 7.26. The zero-order chi connectivity index (χ0) is 17.7. The van der Waals surface area contributed by atoms with Crippen molar-refractivity contribution in [1.82, 2.24) is 4.98 Å². The lowest BCUT2D eigenvalue weighted by Crippen LogP contribution is -2.09. The minimum Gasteiger partial charge on any atom is -0.504 e. The van der Waals surface area contributed by atoms with Crippen LogP contribution in [0.1, 0.15) is 30.3 Å². The maximum absolute atomic E-state index is 12.3. The third kappa shape index (κ3) is 4.55. The van der Waals surface area contributed by atoms with E-state index in [9.17, 15) is 14.7 Å². The molecule has 1 heterocycles. The van der Waals surface area contributed by atoms with Gasteiger partial charge in [0.25, 0.3) is 0 Å². The number of ether oxygens (including phenoxy) is 1. The van der Waals surface area contributed by atoms with Crippen LogP contribution in [-0.2, 0) is 9.53 Å². The van der Waals surface area contributed by atoms with Crippen molar-refractivity contribution in [2.75, 3.05) is 6.61 Å². The molecule has 2 rings (SSSR count). The molecule has 0 aliphatic rings. The van der Waals surface area contributed by atoms with Gasteiger partial charge in [0.2, 0.25) is 0 Å². The topological polar surface area (TPSA) is 76.5 Å². The second kappa shape index (κ2) is 8.26. The van der Waals surface area contributed by atoms with Crippen LogP contribution in [0.25, 0.3) is 11.3 Å². The highest BCUT2D eigenvalue weighted by Gasteiger charge is 2.19. The second-order valence-electron chi connectivity index (χ2n) is 4.93. The average molecular weight is 413 g/mol. The first kappa shape index (κ1) is 18.4. The number of Topliss-reactive ketones (excluding diaryl/α,β-unsaturated/α-hetero) is 1. The lowest BCUT2D eigenvalue weighted by atomic mass is 10.1. The number of hydrogen-bond donors (Lipinski definition) is 1. The Morgan fingerprint density at radius 1 is 1.29 bits per heavy atom. The summed E-state index contributed by atoms with van der Waals surface area (Å²) in [5.74, 6) is -1.16. The fraction of sp³-hybridized carbons (Fsp3) is 0.235. The Morgan fingerprint density at radius 3 is 2.71 bits per heavy atom. The standard InChI is InChI=1S/C17H15BrClNO4/c1-2-24-15(22)7-6-14(21)16-17(23)12(18)9-13(20-16)10-4-3-5-11(19)8-10/h3-5,8-9,23H,2,6-7H2,1H3. The fourth-order valence-electron chi connectivity index (χ4n) is 2.06. The minimum absolute atomic E-state index is 0.0627. The van der Waals surface area contributed by atoms with Crippen molar-refractivity contribution in [1.29, 1.82) is 0 Å². The van der Waals surface area contributed by atoms with Gasteiger partial charge in [0.1, 0.15) is 5.69 Å². The Morgan fingerprint density at radius 2 is 2.04 bits per heavy atom. The number of carbonyl (C=O) groups is 2. The summed E-state index contributed by atoms with van der Waals surface area (Å²) < 4.78 is 5.13. The van der Waals surface area contributed by atoms with Gasteiger partial charge in [-0.25, -0.2) is 4.98 Å². The summed E-state index contributed by atoms with van der Waals surface area (Å²) in [6, 6.07) is 8.60. The van der Waals surface area contributed by atoms with Crippen LogP contribution in [0, 0.1) is 0 Å². The first-order chi connectivity index (χ1) is 11.4. The van der Waals surface area contributed by atoms with E-state index in [0.717, 1.165) is 0 Å². The summed E-state index contributed by atoms with van der Waals surface area (Å²) in [7, 11) is 0. The van der Waals surface area contributed by atoms with E-state index in [2.05, 4.69) is 20.9 Å². The third-order valence-corrected chi connectivity index (χ3v) is 4.03. The summed E-state index contributed by atoms with van der Waals surface area (Å²) in [6.45, 7) is 1.95. The molecular weight excluding hydrogens is 398 g/mol. The van der Waals surface area contributed by atoms with Gasteiger partial charge in [-0.3, -0.25) is 9.59 Å². The molecule has 0 atom stereocenters. The number of carbonyl (C=O) groups excluding carboxylic acids is 2. The molecule has 0 unspecified atom stereocenters. The molecule has 1 N–H and O–H groups in total. The van der Waals surface area contributed by atoms with Gasteiger partial charge in [-0.1, -0.05) is 23.7 Å². The predicted molar refractivity (Wildman–Crippen MR) is 94.2 cm³/mol. The van der Waals surface area contributed by atoms with Crippen molar-refractivity contribution in [3.63, 3.8) is 0 Å². The lowest BCUT2D eigenvalue weighted by molar-refractivity contribution is -0.143. The maximum atomic E-state index is 12.3. The number of hydrogen-bond acceptors (Lipinski definition) is 5. The van der Waals surface area contributed by atoms with E-state index >= 15 is 0 Å². The molecule has 7 heteroatoms. The van der Waals surface area contributed by atoms with E-state index in [1.807, 2.05) is 0 Å². The summed E-state index contributed by atoms with van der Waals surface area (Å²) in [4.78, 5) is 27.9. The number of aromatic nitrogens is 1. The van der Waals surface area contributed by atoms with Crippen LogP contribution < -0.4 is 0 Å². The van der Waals surface area contributed by atoms with Crippen LogP contribution in [-0.4, -0.2) is 28.4 Å². The second-order valence-corrected chi connectivity index (χ2v) is 6.22. The highest BCUT2D eigenvalue weighted by Crippen LogP contribution is 2.32. The Balaban J connectivity index is 2.29. The molecule has 1 aromatic carbocycles. The van der Waals surface area contributed by atoms with E-state index in [-0.39, 0.29) is 30.9 Å². The number of pyridine rings is 1. The summed E-state index contributed by atoms with van der Waals surface area (Å²) in [5.41, 5.74) is 1.10. The van der Waals surface area contributed by atoms with Gasteiger partial charge in [-0.2, -0.15) is 0 Å². The normalized spacial score (nSPS) is 10.5. The van der Waals surface area contributed by atoms with Gasteiger partial charge in [-0.05, 0) is 41.1 Å². The molecule has 24 heavy (non-hydrogen) atoms. The van der Waals surface area contributed by atoms with Crippen molar-refractivity contribution >= 4 is 39.3 Å². The number of esters is 1. The van der Waals surface area contributed by atoms with Gasteiger partial charge < -0.3 is 9.84 Å². The zero-order valence-electron chi connectivity index (χ0n) is 12.9. The fourth-order valence-corrected chi connectivity index (χ4v) is 2.66. The Bertz CT molecular complexity index is 779. The summed E-state index contributed by atoms with van der Waals surface area (Å²) in [5, 5.41) is 10.6. The van der Waals surface area contributed by atoms with Crippen LogP contribution in [0.4, 0.5) is 0 Å². The van der Waals surface area contributed by atoms with E-state index in [1.54, 1.807) is 37.3 Å². The zero-order valence-corrected chi connectivity index (χ0v) is 15.2. The van der Waals surface area contributed by atoms with Crippen LogP contribution in [0.15, 0.2) is 34.8 Å². The molecule has 5 nitrogen and oxygen atoms in total. The molecule has 0 amide bonds. The van der Waals surface area contributed by atoms with Crippen molar-refractivity contribution in [3.8, 4) is 17.0 Å². The van der Waals surface area contributed by atoms with E-state index < -0.39 is 11.8 Å². The summed E-state index contributed by atoms with van der Waals surface area (Å²) >= 11 is 9.19. The van der Waals surface area contributed by atoms with Crippen molar-refractivity contribution in [3.05, 3.63) is 45.5 Å². The van der Waals surface area contributed by atoms with Gasteiger partial charge in [0.05, 0.1) is 23.2 Å². The molecule has 0 radical (unpaired) electrons. The number of aromatic hydroxyl groups is 1. The maximum Gasteiger partial charge on any atom is 0.306 e. The highest BCUT2D eigenvalue weighted by molar-refractivity contribution is 9.10. The number of nitrogens with zero attached hydrogens (tertiary/aromatic N) is 1. The SMILES string of the molecule is CCOC(=O)CCC(=O)c1nc(-c2cccc(Cl)c2)cc(Br)c1O. The largest absolute Gasteiger partial charge is 0.504 e. The van der Waals surface area contributed by atoms with Crippen LogP contribution in [0.2, 0.25) is 5.02 Å². The van der Waals surface area contributed by atoms with E-state index in [4.69, 9.17) is 16.3 Å². The Hall–Kier alpha value is -1.92. The number of benzene rings is 1. The van der Waals surface area contributed by atoms with Gasteiger partial charge in [-0.15, -0.1) is 0 Å². The van der Waals surface area contributed by atoms with Gasteiger partial charge in [0, 0.05) is 17.0 Å². The predicted octanol–water partition coefficient (Wildman–Crippen LogP) is 4.40. The van der Waals surface area contributed by atoms with Crippen molar-refractivity contribution < 1.29 is 19.4 Å². The number of ketones is 1. The Labute approximate surface area is 152 Å². The van der Waals surface area contributed by atoms with Gasteiger partial charge in [0.15, 0.2) is 11.5 Å². The molecule has 0 saturated heterocycles. The molecule has 1 aromatic heterocycles. The molecule has 2 aromatic rings. The molecule has 0 aliphatic carbocycles. The molecule has 0 spiro atoms. The van der Waals surface area contributed by atoms with Crippen molar-refractivity contribution in [2.45, 2.75) is 19.8 Å².